The molecule has 3 N–H and O–H groups in total. The molecular formula is C24H32FN5O. The van der Waals surface area contributed by atoms with Gasteiger partial charge in [-0.1, -0.05) is 18.2 Å². The zero-order valence-corrected chi connectivity index (χ0v) is 18.3. The van der Waals surface area contributed by atoms with Crippen LogP contribution in [-0.2, 0) is 6.42 Å². The van der Waals surface area contributed by atoms with Crippen LogP contribution >= 0.6 is 0 Å². The van der Waals surface area contributed by atoms with E-state index < -0.39 is 0 Å². The molecule has 1 saturated heterocycles. The fourth-order valence-electron chi connectivity index (χ4n) is 3.78. The number of nitrogens with zero attached hydrogens (tertiary/aromatic N) is 2. The second kappa shape index (κ2) is 11.3. The molecule has 166 valence electrons. The fourth-order valence-corrected chi connectivity index (χ4v) is 3.78. The van der Waals surface area contributed by atoms with Crippen LogP contribution in [-0.4, -0.2) is 51.1 Å². The second-order valence-corrected chi connectivity index (χ2v) is 7.68. The summed E-state index contributed by atoms with van der Waals surface area (Å²) in [4.78, 5) is 18.7. The van der Waals surface area contributed by atoms with Gasteiger partial charge in [0.05, 0.1) is 0 Å². The first-order chi connectivity index (χ1) is 15.1. The largest absolute Gasteiger partial charge is 0.371 e. The Bertz CT molecular complexity index is 893. The number of rotatable bonds is 7. The van der Waals surface area contributed by atoms with Gasteiger partial charge in [-0.3, -0.25) is 9.79 Å². The Morgan fingerprint density at radius 1 is 1.16 bits per heavy atom. The summed E-state index contributed by atoms with van der Waals surface area (Å²) in [6.07, 6.45) is 2.70. The van der Waals surface area contributed by atoms with Gasteiger partial charge in [0, 0.05) is 50.5 Å². The minimum Gasteiger partial charge on any atom is -0.371 e. The first kappa shape index (κ1) is 22.6. The average molecular weight is 426 g/mol. The number of benzene rings is 2. The Balaban J connectivity index is 1.52. The van der Waals surface area contributed by atoms with Gasteiger partial charge in [0.15, 0.2) is 5.96 Å². The van der Waals surface area contributed by atoms with Crippen LogP contribution in [0.25, 0.3) is 0 Å². The van der Waals surface area contributed by atoms with E-state index in [1.165, 1.54) is 6.07 Å². The Kier molecular flexibility index (Phi) is 8.27. The monoisotopic (exact) mass is 425 g/mol. The number of halogens is 1. The van der Waals surface area contributed by atoms with Gasteiger partial charge >= 0.3 is 0 Å². The number of carbonyl (C=O) groups excluding carboxylic acids is 1. The van der Waals surface area contributed by atoms with Crippen LogP contribution in [0.15, 0.2) is 53.5 Å². The number of carbonyl (C=O) groups is 1. The third-order valence-electron chi connectivity index (χ3n) is 5.44. The molecule has 1 aliphatic rings. The summed E-state index contributed by atoms with van der Waals surface area (Å²) in [5, 5.41) is 9.51. The lowest BCUT2D eigenvalue weighted by Gasteiger charge is -2.34. The molecule has 0 atom stereocenters. The molecule has 0 bridgehead atoms. The molecule has 3 rings (SSSR count). The molecule has 1 amide bonds. The summed E-state index contributed by atoms with van der Waals surface area (Å²) in [5.74, 6) is 0.541. The molecule has 0 aliphatic carbocycles. The smallest absolute Gasteiger partial charge is 0.251 e. The quantitative estimate of drug-likeness (QED) is 0.471. The fraction of sp³-hybridized carbons (Fsp3) is 0.417. The zero-order chi connectivity index (χ0) is 22.1. The maximum absolute atomic E-state index is 13.5. The number of guanidine groups is 1. The molecule has 31 heavy (non-hydrogen) atoms. The van der Waals surface area contributed by atoms with E-state index in [-0.39, 0.29) is 11.7 Å². The Hall–Kier alpha value is -3.09. The van der Waals surface area contributed by atoms with Crippen LogP contribution in [0.3, 0.4) is 0 Å². The van der Waals surface area contributed by atoms with E-state index in [2.05, 4.69) is 27.8 Å². The highest BCUT2D eigenvalue weighted by Crippen LogP contribution is 2.20. The number of nitrogens with one attached hydrogen (secondary N) is 3. The van der Waals surface area contributed by atoms with Crippen LogP contribution in [0.4, 0.5) is 10.1 Å². The minimum atomic E-state index is -0.194. The van der Waals surface area contributed by atoms with Crippen LogP contribution < -0.4 is 20.9 Å². The van der Waals surface area contributed by atoms with E-state index in [1.54, 1.807) is 19.2 Å². The van der Waals surface area contributed by atoms with Gasteiger partial charge in [-0.25, -0.2) is 4.39 Å². The van der Waals surface area contributed by atoms with Gasteiger partial charge in [-0.2, -0.15) is 0 Å². The molecule has 7 heteroatoms. The first-order valence-corrected chi connectivity index (χ1v) is 11.0. The molecule has 0 saturated carbocycles. The molecule has 0 unspecified atom stereocenters. The van der Waals surface area contributed by atoms with Crippen LogP contribution in [0.5, 0.6) is 0 Å². The highest BCUT2D eigenvalue weighted by atomic mass is 19.1. The molecule has 1 heterocycles. The van der Waals surface area contributed by atoms with Gasteiger partial charge < -0.3 is 20.9 Å². The number of anilines is 1. The maximum atomic E-state index is 13.5. The van der Waals surface area contributed by atoms with Crippen molar-refractivity contribution < 1.29 is 9.18 Å². The lowest BCUT2D eigenvalue weighted by atomic mass is 10.0. The maximum Gasteiger partial charge on any atom is 0.251 e. The lowest BCUT2D eigenvalue weighted by molar-refractivity contribution is 0.0963. The number of hydrogen-bond donors (Lipinski definition) is 3. The average Bonchev–Trinajstić information content (AvgIpc) is 2.79. The van der Waals surface area contributed by atoms with E-state index in [9.17, 15) is 9.18 Å². The molecule has 0 spiro atoms. The van der Waals surface area contributed by atoms with Gasteiger partial charge in [0.25, 0.3) is 5.91 Å². The van der Waals surface area contributed by atoms with Crippen molar-refractivity contribution in [3.63, 3.8) is 0 Å². The number of aliphatic imine (C=N–C) groups is 1. The third-order valence-corrected chi connectivity index (χ3v) is 5.44. The highest BCUT2D eigenvalue weighted by molar-refractivity contribution is 5.94. The van der Waals surface area contributed by atoms with Crippen molar-refractivity contribution >= 4 is 17.6 Å². The molecule has 1 aliphatic heterocycles. The molecule has 2 aromatic carbocycles. The standard InChI is InChI=1S/C24H32FN5O/c1-3-27-24(28-13-10-18-6-4-7-19(16-18)23(31)26-2)29-21-11-14-30(15-12-21)22-9-5-8-20(25)17-22/h4-9,16-17,21H,3,10-15H2,1-2H3,(H,26,31)(H2,27,28,29). The summed E-state index contributed by atoms with van der Waals surface area (Å²) in [6.45, 7) is 5.24. The molecule has 6 nitrogen and oxygen atoms in total. The summed E-state index contributed by atoms with van der Waals surface area (Å²) in [5.41, 5.74) is 2.70. The third kappa shape index (κ3) is 6.70. The molecule has 1 fully saturated rings. The normalized spacial score (nSPS) is 14.9. The predicted octanol–water partition coefficient (Wildman–Crippen LogP) is 2.95. The molecule has 0 radical (unpaired) electrons. The van der Waals surface area contributed by atoms with E-state index in [0.29, 0.717) is 18.2 Å². The molecule has 2 aromatic rings. The predicted molar refractivity (Wildman–Crippen MR) is 124 cm³/mol. The van der Waals surface area contributed by atoms with Gasteiger partial charge in [-0.15, -0.1) is 0 Å². The van der Waals surface area contributed by atoms with Crippen molar-refractivity contribution in [1.82, 2.24) is 16.0 Å². The first-order valence-electron chi connectivity index (χ1n) is 11.0. The zero-order valence-electron chi connectivity index (χ0n) is 18.3. The Labute approximate surface area is 183 Å². The lowest BCUT2D eigenvalue weighted by Crippen LogP contribution is -2.48. The number of amides is 1. The van der Waals surface area contributed by atoms with E-state index >= 15 is 0 Å². The van der Waals surface area contributed by atoms with Crippen LogP contribution in [0.2, 0.25) is 0 Å². The van der Waals surface area contributed by atoms with Crippen molar-refractivity contribution in [1.29, 1.82) is 0 Å². The summed E-state index contributed by atoms with van der Waals surface area (Å²) in [7, 11) is 1.64. The van der Waals surface area contributed by atoms with Crippen molar-refractivity contribution in [2.24, 2.45) is 4.99 Å². The van der Waals surface area contributed by atoms with Gasteiger partial charge in [0.2, 0.25) is 0 Å². The summed E-state index contributed by atoms with van der Waals surface area (Å²) in [6, 6.07) is 14.8. The highest BCUT2D eigenvalue weighted by Gasteiger charge is 2.20. The van der Waals surface area contributed by atoms with Crippen LogP contribution in [0.1, 0.15) is 35.7 Å². The number of piperidine rings is 1. The summed E-state index contributed by atoms with van der Waals surface area (Å²) >= 11 is 0. The van der Waals surface area contributed by atoms with E-state index in [0.717, 1.165) is 56.1 Å². The van der Waals surface area contributed by atoms with Crippen molar-refractivity contribution in [3.05, 3.63) is 65.5 Å². The van der Waals surface area contributed by atoms with E-state index in [4.69, 9.17) is 4.99 Å². The SMILES string of the molecule is CCNC(=NCCc1cccc(C(=O)NC)c1)NC1CCN(c2cccc(F)c2)CC1. The minimum absolute atomic E-state index is 0.0788. The Morgan fingerprint density at radius 2 is 1.94 bits per heavy atom. The Morgan fingerprint density at radius 3 is 2.65 bits per heavy atom. The van der Waals surface area contributed by atoms with Crippen molar-refractivity contribution in [3.8, 4) is 0 Å². The van der Waals surface area contributed by atoms with Crippen LogP contribution in [0, 0.1) is 5.82 Å². The van der Waals surface area contributed by atoms with Crippen molar-refractivity contribution in [2.75, 3.05) is 38.1 Å². The molecular weight excluding hydrogens is 393 g/mol. The molecule has 0 aromatic heterocycles. The second-order valence-electron chi connectivity index (χ2n) is 7.68. The van der Waals surface area contributed by atoms with Gasteiger partial charge in [-0.05, 0) is 62.1 Å². The summed E-state index contributed by atoms with van der Waals surface area (Å²) < 4.78 is 13.5. The van der Waals surface area contributed by atoms with Gasteiger partial charge in [0.1, 0.15) is 5.82 Å². The van der Waals surface area contributed by atoms with E-state index in [1.807, 2.05) is 30.3 Å². The topological polar surface area (TPSA) is 68.8 Å². The number of hydrogen-bond acceptors (Lipinski definition) is 3. The van der Waals surface area contributed by atoms with Crippen molar-refractivity contribution in [2.45, 2.75) is 32.2 Å².